The Balaban J connectivity index is 2.33. The van der Waals surface area contributed by atoms with E-state index >= 15 is 0 Å². The van der Waals surface area contributed by atoms with Crippen LogP contribution in [0, 0.1) is 5.82 Å². The molecule has 1 heterocycles. The average molecular weight is 336 g/mol. The summed E-state index contributed by atoms with van der Waals surface area (Å²) >= 11 is 11.8. The minimum absolute atomic E-state index is 0.00322. The molecule has 0 amide bonds. The zero-order valence-electron chi connectivity index (χ0n) is 11.0. The third kappa shape index (κ3) is 2.51. The van der Waals surface area contributed by atoms with Gasteiger partial charge in [-0.25, -0.2) is 14.2 Å². The number of fused-ring (bicyclic) bond motifs is 1. The molecule has 0 aliphatic rings. The van der Waals surface area contributed by atoms with Crippen molar-refractivity contribution in [1.29, 1.82) is 0 Å². The molecule has 0 atom stereocenters. The van der Waals surface area contributed by atoms with Gasteiger partial charge in [-0.2, -0.15) is 0 Å². The molecule has 1 N–H and O–H groups in total. The molecule has 1 aromatic heterocycles. The highest BCUT2D eigenvalue weighted by Gasteiger charge is 2.15. The molecule has 3 aromatic rings. The summed E-state index contributed by atoms with van der Waals surface area (Å²) in [5.41, 5.74) is 0.852. The smallest absolute Gasteiger partial charge is 0.336 e. The highest BCUT2D eigenvalue weighted by atomic mass is 35.5. The number of para-hydroxylation sites is 1. The zero-order chi connectivity index (χ0) is 15.9. The van der Waals surface area contributed by atoms with E-state index in [1.54, 1.807) is 18.2 Å². The number of nitrogens with zero attached hydrogens (tertiary/aromatic N) is 1. The number of hydrogen-bond donors (Lipinski definition) is 1. The Bertz CT molecular complexity index is 912. The Morgan fingerprint density at radius 2 is 1.86 bits per heavy atom. The number of halogens is 3. The van der Waals surface area contributed by atoms with Gasteiger partial charge in [-0.3, -0.25) is 0 Å². The van der Waals surface area contributed by atoms with Gasteiger partial charge >= 0.3 is 5.97 Å². The molecule has 3 nitrogen and oxygen atoms in total. The second-order valence-corrected chi connectivity index (χ2v) is 5.44. The lowest BCUT2D eigenvalue weighted by atomic mass is 10.0. The summed E-state index contributed by atoms with van der Waals surface area (Å²) in [4.78, 5) is 15.7. The number of rotatable bonds is 2. The molecule has 0 bridgehead atoms. The van der Waals surface area contributed by atoms with Crippen molar-refractivity contribution in [2.24, 2.45) is 0 Å². The van der Waals surface area contributed by atoms with Crippen LogP contribution in [0.25, 0.3) is 22.2 Å². The summed E-state index contributed by atoms with van der Waals surface area (Å²) in [6.07, 6.45) is 0. The second kappa shape index (κ2) is 5.55. The minimum atomic E-state index is -1.15. The molecule has 0 spiro atoms. The molecule has 110 valence electrons. The van der Waals surface area contributed by atoms with Crippen LogP contribution < -0.4 is 0 Å². The summed E-state index contributed by atoms with van der Waals surface area (Å²) < 4.78 is 14.0. The zero-order valence-corrected chi connectivity index (χ0v) is 12.5. The number of carboxylic acids is 1. The van der Waals surface area contributed by atoms with E-state index in [0.29, 0.717) is 21.3 Å². The Hall–Kier alpha value is -2.17. The average Bonchev–Trinajstić information content (AvgIpc) is 2.49. The van der Waals surface area contributed by atoms with Gasteiger partial charge in [0.2, 0.25) is 0 Å². The topological polar surface area (TPSA) is 50.2 Å². The maximum atomic E-state index is 14.0. The van der Waals surface area contributed by atoms with Crippen LogP contribution in [0.5, 0.6) is 0 Å². The first kappa shape index (κ1) is 14.8. The van der Waals surface area contributed by atoms with E-state index in [-0.39, 0.29) is 16.5 Å². The predicted molar refractivity (Wildman–Crippen MR) is 84.1 cm³/mol. The lowest BCUT2D eigenvalue weighted by Gasteiger charge is -2.08. The van der Waals surface area contributed by atoms with Crippen molar-refractivity contribution in [2.45, 2.75) is 0 Å². The summed E-state index contributed by atoms with van der Waals surface area (Å²) in [7, 11) is 0. The number of carboxylic acid groups (broad SMARTS) is 1. The van der Waals surface area contributed by atoms with Gasteiger partial charge in [0, 0.05) is 10.9 Å². The third-order valence-corrected chi connectivity index (χ3v) is 3.98. The van der Waals surface area contributed by atoms with Gasteiger partial charge in [-0.15, -0.1) is 0 Å². The molecule has 3 rings (SSSR count). The first-order valence-electron chi connectivity index (χ1n) is 6.25. The van der Waals surface area contributed by atoms with Crippen molar-refractivity contribution >= 4 is 40.1 Å². The van der Waals surface area contributed by atoms with Crippen molar-refractivity contribution in [3.63, 3.8) is 0 Å². The predicted octanol–water partition coefficient (Wildman–Crippen LogP) is 5.05. The summed E-state index contributed by atoms with van der Waals surface area (Å²) in [6, 6.07) is 10.4. The van der Waals surface area contributed by atoms with Crippen molar-refractivity contribution in [3.05, 3.63) is 63.9 Å². The number of hydrogen-bond acceptors (Lipinski definition) is 2. The van der Waals surface area contributed by atoms with Gasteiger partial charge in [0.1, 0.15) is 11.3 Å². The monoisotopic (exact) mass is 335 g/mol. The first-order chi connectivity index (χ1) is 10.5. The Labute approximate surface area is 134 Å². The van der Waals surface area contributed by atoms with Crippen LogP contribution in [-0.4, -0.2) is 16.1 Å². The van der Waals surface area contributed by atoms with Gasteiger partial charge in [0.25, 0.3) is 0 Å². The van der Waals surface area contributed by atoms with Gasteiger partial charge < -0.3 is 5.11 Å². The fourth-order valence-corrected chi connectivity index (χ4v) is 2.49. The molecule has 0 fully saturated rings. The Morgan fingerprint density at radius 3 is 2.55 bits per heavy atom. The van der Waals surface area contributed by atoms with Crippen LogP contribution in [0.1, 0.15) is 10.4 Å². The van der Waals surface area contributed by atoms with Crippen molar-refractivity contribution in [3.8, 4) is 11.3 Å². The molecule has 2 aromatic carbocycles. The third-order valence-electron chi connectivity index (χ3n) is 3.24. The van der Waals surface area contributed by atoms with Crippen LogP contribution in [0.2, 0.25) is 10.0 Å². The van der Waals surface area contributed by atoms with Crippen molar-refractivity contribution in [1.82, 2.24) is 4.98 Å². The summed E-state index contributed by atoms with van der Waals surface area (Å²) in [5, 5.41) is 10.3. The van der Waals surface area contributed by atoms with E-state index in [0.717, 1.165) is 0 Å². The van der Waals surface area contributed by atoms with Crippen molar-refractivity contribution in [2.75, 3.05) is 0 Å². The highest BCUT2D eigenvalue weighted by molar-refractivity contribution is 6.42. The maximum absolute atomic E-state index is 14.0. The molecule has 0 unspecified atom stereocenters. The molecule has 0 saturated carbocycles. The van der Waals surface area contributed by atoms with Gasteiger partial charge in [-0.1, -0.05) is 41.4 Å². The number of pyridine rings is 1. The number of benzene rings is 2. The van der Waals surface area contributed by atoms with Crippen LogP contribution in [-0.2, 0) is 0 Å². The standard InChI is InChI=1S/C16H8Cl2FNO2/c17-11-5-4-8(6-12(11)18)14-7-10(16(21)22)9-2-1-3-13(19)15(9)20-14/h1-7H,(H,21,22). The fraction of sp³-hybridized carbons (Fsp3) is 0. The molecule has 0 radical (unpaired) electrons. The van der Waals surface area contributed by atoms with Crippen LogP contribution >= 0.6 is 23.2 Å². The number of aromatic carboxylic acids is 1. The Kier molecular flexibility index (Phi) is 3.72. The van der Waals surface area contributed by atoms with Gasteiger partial charge in [0.15, 0.2) is 0 Å². The van der Waals surface area contributed by atoms with E-state index in [1.807, 2.05) is 0 Å². The molecular weight excluding hydrogens is 328 g/mol. The van der Waals surface area contributed by atoms with Gasteiger partial charge in [0.05, 0.1) is 21.3 Å². The highest BCUT2D eigenvalue weighted by Crippen LogP contribution is 2.30. The first-order valence-corrected chi connectivity index (χ1v) is 7.01. The number of carbonyl (C=O) groups is 1. The molecular formula is C16H8Cl2FNO2. The van der Waals surface area contributed by atoms with E-state index in [9.17, 15) is 14.3 Å². The molecule has 0 saturated heterocycles. The quantitative estimate of drug-likeness (QED) is 0.713. The Morgan fingerprint density at radius 1 is 1.09 bits per heavy atom. The molecule has 0 aliphatic carbocycles. The van der Waals surface area contributed by atoms with E-state index < -0.39 is 11.8 Å². The molecule has 22 heavy (non-hydrogen) atoms. The maximum Gasteiger partial charge on any atom is 0.336 e. The summed E-state index contributed by atoms with van der Waals surface area (Å²) in [5.74, 6) is -1.73. The second-order valence-electron chi connectivity index (χ2n) is 4.63. The molecule has 6 heteroatoms. The molecule has 0 aliphatic heterocycles. The summed E-state index contributed by atoms with van der Waals surface area (Å²) in [6.45, 7) is 0. The van der Waals surface area contributed by atoms with E-state index in [2.05, 4.69) is 4.98 Å². The van der Waals surface area contributed by atoms with E-state index in [1.165, 1.54) is 24.3 Å². The fourth-order valence-electron chi connectivity index (χ4n) is 2.19. The lowest BCUT2D eigenvalue weighted by Crippen LogP contribution is -2.01. The number of aromatic nitrogens is 1. The normalized spacial score (nSPS) is 10.9. The van der Waals surface area contributed by atoms with E-state index in [4.69, 9.17) is 23.2 Å². The largest absolute Gasteiger partial charge is 0.478 e. The SMILES string of the molecule is O=C(O)c1cc(-c2ccc(Cl)c(Cl)c2)nc2c(F)cccc12. The van der Waals surface area contributed by atoms with Crippen LogP contribution in [0.4, 0.5) is 4.39 Å². The van der Waals surface area contributed by atoms with Crippen LogP contribution in [0.3, 0.4) is 0 Å². The minimum Gasteiger partial charge on any atom is -0.478 e. The van der Waals surface area contributed by atoms with Gasteiger partial charge in [-0.05, 0) is 24.3 Å². The lowest BCUT2D eigenvalue weighted by molar-refractivity contribution is 0.0699. The van der Waals surface area contributed by atoms with Crippen LogP contribution in [0.15, 0.2) is 42.5 Å². The van der Waals surface area contributed by atoms with Crippen molar-refractivity contribution < 1.29 is 14.3 Å².